The first-order valence-corrected chi connectivity index (χ1v) is 2.89. The van der Waals surface area contributed by atoms with Crippen molar-refractivity contribution in [3.8, 4) is 0 Å². The van der Waals surface area contributed by atoms with Crippen molar-refractivity contribution in [3.63, 3.8) is 0 Å². The maximum Gasteiger partial charge on any atom is 0.120 e. The molecule has 0 amide bonds. The molecule has 0 aliphatic heterocycles. The van der Waals surface area contributed by atoms with Gasteiger partial charge in [-0.05, 0) is 19.3 Å². The van der Waals surface area contributed by atoms with E-state index in [0.29, 0.717) is 25.7 Å². The molecule has 2 heteroatoms. The van der Waals surface area contributed by atoms with Gasteiger partial charge in [0.1, 0.15) is 12.0 Å². The molecule has 1 rings (SSSR count). The molecule has 0 aromatic carbocycles. The number of carbonyl (C=O) groups is 1. The minimum Gasteiger partial charge on any atom is -0.303 e. The Hall–Kier alpha value is -0.400. The van der Waals surface area contributed by atoms with Gasteiger partial charge in [0.05, 0.1) is 0 Å². The third-order valence-electron chi connectivity index (χ3n) is 1.50. The van der Waals surface area contributed by atoms with Crippen LogP contribution in [0.25, 0.3) is 0 Å². The highest BCUT2D eigenvalue weighted by molar-refractivity contribution is 5.49. The minimum absolute atomic E-state index is 0.385. The first-order chi connectivity index (χ1) is 3.77. The average Bonchev–Trinajstić information content (AvgIpc) is 2.45. The molecule has 0 bridgehead atoms. The predicted octanol–water partition coefficient (Wildman–Crippen LogP) is 1.47. The average molecular weight is 116 g/mol. The van der Waals surface area contributed by atoms with Crippen LogP contribution in [0.15, 0.2) is 0 Å². The third-order valence-corrected chi connectivity index (χ3v) is 1.50. The Balaban J connectivity index is 2.09. The molecule has 0 atom stereocenters. The van der Waals surface area contributed by atoms with Crippen LogP contribution in [0.3, 0.4) is 0 Å². The van der Waals surface area contributed by atoms with Crippen LogP contribution in [-0.4, -0.2) is 12.0 Å². The fourth-order valence-electron chi connectivity index (χ4n) is 0.703. The molecule has 1 fully saturated rings. The van der Waals surface area contributed by atoms with Crippen molar-refractivity contribution >= 4 is 6.29 Å². The standard InChI is InChI=1S/C6H9FO/c7-6(3-4-6)2-1-5-8/h5H,1-4H2. The van der Waals surface area contributed by atoms with Crippen LogP contribution in [0.5, 0.6) is 0 Å². The predicted molar refractivity (Wildman–Crippen MR) is 28.4 cm³/mol. The van der Waals surface area contributed by atoms with Crippen molar-refractivity contribution in [2.75, 3.05) is 0 Å². The van der Waals surface area contributed by atoms with Crippen LogP contribution in [0.1, 0.15) is 25.7 Å². The lowest BCUT2D eigenvalue weighted by atomic mass is 10.2. The maximum absolute atomic E-state index is 12.5. The SMILES string of the molecule is O=CCCC1(F)CC1. The Morgan fingerprint density at radius 3 is 2.62 bits per heavy atom. The molecule has 1 aliphatic carbocycles. The summed E-state index contributed by atoms with van der Waals surface area (Å²) in [4.78, 5) is 9.71. The van der Waals surface area contributed by atoms with Crippen LogP contribution in [0.4, 0.5) is 4.39 Å². The highest BCUT2D eigenvalue weighted by Gasteiger charge is 2.41. The van der Waals surface area contributed by atoms with E-state index in [9.17, 15) is 9.18 Å². The number of aldehydes is 1. The summed E-state index contributed by atoms with van der Waals surface area (Å²) in [7, 11) is 0. The first kappa shape index (κ1) is 5.73. The van der Waals surface area contributed by atoms with E-state index in [2.05, 4.69) is 0 Å². The topological polar surface area (TPSA) is 17.1 Å². The van der Waals surface area contributed by atoms with Gasteiger partial charge in [-0.3, -0.25) is 0 Å². The molecule has 0 aromatic rings. The van der Waals surface area contributed by atoms with Crippen LogP contribution in [-0.2, 0) is 4.79 Å². The lowest BCUT2D eigenvalue weighted by molar-refractivity contribution is -0.108. The van der Waals surface area contributed by atoms with Gasteiger partial charge in [0.15, 0.2) is 0 Å². The van der Waals surface area contributed by atoms with Crippen LogP contribution in [0, 0.1) is 0 Å². The van der Waals surface area contributed by atoms with Crippen molar-refractivity contribution in [1.29, 1.82) is 0 Å². The molecular weight excluding hydrogens is 107 g/mol. The van der Waals surface area contributed by atoms with Crippen molar-refractivity contribution in [1.82, 2.24) is 0 Å². The van der Waals surface area contributed by atoms with Crippen LogP contribution >= 0.6 is 0 Å². The van der Waals surface area contributed by atoms with E-state index in [1.807, 2.05) is 0 Å². The number of hydrogen-bond donors (Lipinski definition) is 0. The summed E-state index contributed by atoms with van der Waals surface area (Å²) < 4.78 is 12.5. The Kier molecular flexibility index (Phi) is 1.32. The first-order valence-electron chi connectivity index (χ1n) is 2.89. The largest absolute Gasteiger partial charge is 0.303 e. The van der Waals surface area contributed by atoms with Crippen molar-refractivity contribution < 1.29 is 9.18 Å². The lowest BCUT2D eigenvalue weighted by Gasteiger charge is -1.96. The molecule has 1 nitrogen and oxygen atoms in total. The van der Waals surface area contributed by atoms with Crippen molar-refractivity contribution in [3.05, 3.63) is 0 Å². The van der Waals surface area contributed by atoms with Gasteiger partial charge in [-0.1, -0.05) is 0 Å². The molecule has 1 saturated carbocycles. The van der Waals surface area contributed by atoms with Gasteiger partial charge in [-0.2, -0.15) is 0 Å². The molecule has 0 radical (unpaired) electrons. The molecule has 0 saturated heterocycles. The summed E-state index contributed by atoms with van der Waals surface area (Å²) in [6.45, 7) is 0. The third kappa shape index (κ3) is 1.29. The van der Waals surface area contributed by atoms with Gasteiger partial charge < -0.3 is 4.79 Å². The molecule has 0 aromatic heterocycles. The fraction of sp³-hybridized carbons (Fsp3) is 0.833. The van der Waals surface area contributed by atoms with E-state index in [1.165, 1.54) is 0 Å². The summed E-state index contributed by atoms with van der Waals surface area (Å²) in [5, 5.41) is 0. The molecule has 1 aliphatic rings. The van der Waals surface area contributed by atoms with E-state index >= 15 is 0 Å². The second-order valence-corrected chi connectivity index (χ2v) is 2.36. The Labute approximate surface area is 47.9 Å². The van der Waals surface area contributed by atoms with E-state index in [-0.39, 0.29) is 0 Å². The lowest BCUT2D eigenvalue weighted by Crippen LogP contribution is -1.97. The Morgan fingerprint density at radius 1 is 1.62 bits per heavy atom. The van der Waals surface area contributed by atoms with Gasteiger partial charge in [0.2, 0.25) is 0 Å². The number of halogens is 1. The normalized spacial score (nSPS) is 22.6. The van der Waals surface area contributed by atoms with E-state index in [4.69, 9.17) is 0 Å². The number of rotatable bonds is 3. The molecule has 46 valence electrons. The summed E-state index contributed by atoms with van der Waals surface area (Å²) in [5.74, 6) is 0. The molecule has 8 heavy (non-hydrogen) atoms. The fourth-order valence-corrected chi connectivity index (χ4v) is 0.703. The highest BCUT2D eigenvalue weighted by atomic mass is 19.1. The zero-order valence-corrected chi connectivity index (χ0v) is 4.69. The number of hydrogen-bond acceptors (Lipinski definition) is 1. The van der Waals surface area contributed by atoms with Gasteiger partial charge in [0.25, 0.3) is 0 Å². The molecule has 0 unspecified atom stereocenters. The smallest absolute Gasteiger partial charge is 0.120 e. The molecule has 0 N–H and O–H groups in total. The van der Waals surface area contributed by atoms with Crippen molar-refractivity contribution in [2.45, 2.75) is 31.4 Å². The van der Waals surface area contributed by atoms with Gasteiger partial charge in [-0.15, -0.1) is 0 Å². The molecular formula is C6H9FO. The maximum atomic E-state index is 12.5. The Morgan fingerprint density at radius 2 is 2.25 bits per heavy atom. The summed E-state index contributed by atoms with van der Waals surface area (Å²) in [6.07, 6.45) is 2.94. The number of carbonyl (C=O) groups excluding carboxylic acids is 1. The zero-order chi connectivity index (χ0) is 6.04. The summed E-state index contributed by atoms with van der Waals surface area (Å²) >= 11 is 0. The van der Waals surface area contributed by atoms with Crippen LogP contribution in [0.2, 0.25) is 0 Å². The van der Waals surface area contributed by atoms with E-state index in [1.54, 1.807) is 0 Å². The monoisotopic (exact) mass is 116 g/mol. The second-order valence-electron chi connectivity index (χ2n) is 2.36. The molecule has 0 spiro atoms. The van der Waals surface area contributed by atoms with Crippen LogP contribution < -0.4 is 0 Å². The zero-order valence-electron chi connectivity index (χ0n) is 4.69. The van der Waals surface area contributed by atoms with E-state index < -0.39 is 5.67 Å². The molecule has 0 heterocycles. The van der Waals surface area contributed by atoms with Gasteiger partial charge in [0, 0.05) is 6.42 Å². The van der Waals surface area contributed by atoms with Gasteiger partial charge >= 0.3 is 0 Å². The quantitative estimate of drug-likeness (QED) is 0.510. The highest BCUT2D eigenvalue weighted by Crippen LogP contribution is 2.43. The van der Waals surface area contributed by atoms with E-state index in [0.717, 1.165) is 6.29 Å². The Bertz CT molecular complexity index is 96.7. The number of alkyl halides is 1. The summed E-state index contributed by atoms with van der Waals surface area (Å²) in [6, 6.07) is 0. The van der Waals surface area contributed by atoms with Crippen molar-refractivity contribution in [2.24, 2.45) is 0 Å². The van der Waals surface area contributed by atoms with Gasteiger partial charge in [-0.25, -0.2) is 4.39 Å². The minimum atomic E-state index is -0.930. The second kappa shape index (κ2) is 1.84. The summed E-state index contributed by atoms with van der Waals surface area (Å²) in [5.41, 5.74) is -0.930.